The van der Waals surface area contributed by atoms with Gasteiger partial charge in [0.2, 0.25) is 0 Å². The Morgan fingerprint density at radius 3 is 1.15 bits per heavy atom. The van der Waals surface area contributed by atoms with Crippen molar-refractivity contribution in [2.45, 2.75) is 178 Å². The third kappa shape index (κ3) is 13.6. The fourth-order valence-corrected chi connectivity index (χ4v) is 28.6. The van der Waals surface area contributed by atoms with Crippen molar-refractivity contribution < 1.29 is 25.7 Å². The van der Waals surface area contributed by atoms with Gasteiger partial charge in [0.1, 0.15) is 0 Å². The first-order valence-electron chi connectivity index (χ1n) is 22.2. The minimum absolute atomic E-state index is 0.0444. The number of phenolic OH excluding ortho intramolecular Hbond substituents is 2. The zero-order valence-electron chi connectivity index (χ0n) is 38.9. The van der Waals surface area contributed by atoms with Crippen molar-refractivity contribution in [3.8, 4) is 11.5 Å². The average Bonchev–Trinajstić information content (AvgIpc) is 3.46. The van der Waals surface area contributed by atoms with Crippen molar-refractivity contribution in [2.24, 2.45) is 0 Å². The van der Waals surface area contributed by atoms with Crippen LogP contribution in [0.15, 0.2) is 84.9 Å². The van der Waals surface area contributed by atoms with E-state index in [2.05, 4.69) is 121 Å². The first-order valence-corrected chi connectivity index (χ1v) is 29.0. The molecule has 1 fully saturated rings. The molecular formula is C54H78O2S2Ti-2. The number of rotatable bonds is 8. The van der Waals surface area contributed by atoms with Crippen LogP contribution < -0.4 is 0 Å². The first-order chi connectivity index (χ1) is 27.6. The Kier molecular flexibility index (Phi) is 17.7. The van der Waals surface area contributed by atoms with Crippen LogP contribution in [-0.4, -0.2) is 20.7 Å². The van der Waals surface area contributed by atoms with E-state index >= 15 is 0 Å². The quantitative estimate of drug-likeness (QED) is 0.137. The van der Waals surface area contributed by atoms with E-state index in [1.807, 2.05) is 60.7 Å². The largest absolute Gasteiger partial charge is 0.199 e. The minimum Gasteiger partial charge on any atom is -0.199 e. The van der Waals surface area contributed by atoms with Gasteiger partial charge < -0.3 is 0 Å². The number of hydrogen-bond acceptors (Lipinski definition) is 2. The molecule has 59 heavy (non-hydrogen) atoms. The summed E-state index contributed by atoms with van der Waals surface area (Å²) in [6.07, 6.45) is 10.2. The van der Waals surface area contributed by atoms with Crippen LogP contribution >= 0.6 is 15.9 Å². The molecule has 0 spiro atoms. The summed E-state index contributed by atoms with van der Waals surface area (Å²) in [6, 6.07) is 29.1. The predicted molar refractivity (Wildman–Crippen MR) is 260 cm³/mol. The van der Waals surface area contributed by atoms with Crippen molar-refractivity contribution in [2.75, 3.05) is 0 Å². The van der Waals surface area contributed by atoms with Crippen molar-refractivity contribution >= 4 is 15.9 Å². The summed E-state index contributed by atoms with van der Waals surface area (Å²) in [5.41, 5.74) is 9.54. The third-order valence-corrected chi connectivity index (χ3v) is 28.7. The molecule has 324 valence electrons. The van der Waals surface area contributed by atoms with Crippen LogP contribution in [0.5, 0.6) is 11.5 Å². The van der Waals surface area contributed by atoms with Crippen molar-refractivity contribution in [3.05, 3.63) is 143 Å². The van der Waals surface area contributed by atoms with E-state index in [-0.39, 0.29) is 37.1 Å². The van der Waals surface area contributed by atoms with Gasteiger partial charge in [0.05, 0.1) is 0 Å². The van der Waals surface area contributed by atoms with E-state index in [1.165, 1.54) is 60.8 Å². The summed E-state index contributed by atoms with van der Waals surface area (Å²) in [6.45, 7) is 35.0. The molecule has 4 aromatic rings. The number of phenols is 2. The second kappa shape index (κ2) is 21.1. The van der Waals surface area contributed by atoms with Gasteiger partial charge in [-0.05, 0) is 0 Å². The van der Waals surface area contributed by atoms with Crippen LogP contribution in [0.4, 0.5) is 0 Å². The molecule has 5 heteroatoms. The molecule has 2 aliphatic rings. The molecule has 6 rings (SSSR count). The molecule has 1 aliphatic carbocycles. The Balaban J connectivity index is 0.000000459. The zero-order valence-corrected chi connectivity index (χ0v) is 42.1. The SMILES string of the molecule is CCC(C)(C)c1cc(C(C)(C)C)cc(C[S]2=[Ti]=[S](Cc3cc(C(C)(C)C)cc(C(C)(C)CC)c3O)[C@H]3CCCCCCC32)c1O.[CH2-]c1ccccc1.[CH2-]c1ccccc1. The fourth-order valence-electron chi connectivity index (χ4n) is 7.78. The Labute approximate surface area is 372 Å². The van der Waals surface area contributed by atoms with E-state index in [4.69, 9.17) is 0 Å². The average molecular weight is 871 g/mol. The minimum atomic E-state index is -0.253. The van der Waals surface area contributed by atoms with Crippen molar-refractivity contribution in [1.82, 2.24) is 0 Å². The Hall–Kier alpha value is -2.37. The molecule has 0 amide bonds. The Morgan fingerprint density at radius 2 is 0.881 bits per heavy atom. The van der Waals surface area contributed by atoms with Crippen LogP contribution in [0.1, 0.15) is 179 Å². The molecule has 4 atom stereocenters. The fraction of sp³-hybridized carbons (Fsp3) is 0.519. The maximum absolute atomic E-state index is 11.9. The molecule has 0 bridgehead atoms. The molecule has 0 aromatic heterocycles. The van der Waals surface area contributed by atoms with Gasteiger partial charge in [0.15, 0.2) is 0 Å². The molecule has 1 heterocycles. The molecule has 1 aliphatic heterocycles. The molecule has 2 nitrogen and oxygen atoms in total. The predicted octanol–water partition coefficient (Wildman–Crippen LogP) is 16.1. The van der Waals surface area contributed by atoms with E-state index in [1.54, 1.807) is 0 Å². The first kappa shape index (κ1) is 49.3. The van der Waals surface area contributed by atoms with Gasteiger partial charge in [-0.3, -0.25) is 0 Å². The summed E-state index contributed by atoms with van der Waals surface area (Å²) >= 11 is -0.253. The number of aromatic hydroxyl groups is 2. The van der Waals surface area contributed by atoms with E-state index < -0.39 is 0 Å². The second-order valence-electron chi connectivity index (χ2n) is 20.3. The van der Waals surface area contributed by atoms with Gasteiger partial charge in [0.25, 0.3) is 0 Å². The standard InChI is InChI=1S/C40H64O2S2.2C7H7.Ti/c1-13-39(9,10)31-23-29(37(3,4)5)21-27(35(31)41)25-43-33-19-17-15-16-18-20-34(33)44-26-28-22-30(38(6,7)8)24-32(36(28)42)40(11,12)14-2;2*1-7-5-3-2-4-6-7;/h21-24,33-34,41-42H,13-20,25-26H2,1-12H3;2*2-6H,1H2;/q;2*-1;/t33-,34?;;;/m0.../s1. The molecule has 1 saturated carbocycles. The Morgan fingerprint density at radius 1 is 0.542 bits per heavy atom. The molecule has 2 N–H and O–H groups in total. The maximum Gasteiger partial charge on any atom is -0.0866 e. The molecule has 0 radical (unpaired) electrons. The van der Waals surface area contributed by atoms with Gasteiger partial charge in [0, 0.05) is 0 Å². The number of hydrogen-bond donors (Lipinski definition) is 2. The molecule has 4 aromatic carbocycles. The molecular weight excluding hydrogens is 793 g/mol. The zero-order chi connectivity index (χ0) is 43.8. The van der Waals surface area contributed by atoms with Gasteiger partial charge in [-0.1, -0.05) is 12.1 Å². The van der Waals surface area contributed by atoms with E-state index in [0.29, 0.717) is 27.4 Å². The summed E-state index contributed by atoms with van der Waals surface area (Å²) < 4.78 is 0. The van der Waals surface area contributed by atoms with Gasteiger partial charge in [-0.2, -0.15) is 49.2 Å². The smallest absolute Gasteiger partial charge is 0.0866 e. The van der Waals surface area contributed by atoms with E-state index in [9.17, 15) is 10.2 Å². The van der Waals surface area contributed by atoms with Crippen LogP contribution in [0.25, 0.3) is 0 Å². The number of fused-ring (bicyclic) bond motifs is 1. The van der Waals surface area contributed by atoms with Gasteiger partial charge in [-0.25, -0.2) is 0 Å². The summed E-state index contributed by atoms with van der Waals surface area (Å²) in [5, 5.41) is 25.3. The monoisotopic (exact) mass is 870 g/mol. The van der Waals surface area contributed by atoms with E-state index in [0.717, 1.165) is 57.1 Å². The summed E-state index contributed by atoms with van der Waals surface area (Å²) in [7, 11) is 0.686. The van der Waals surface area contributed by atoms with Crippen LogP contribution in [0.3, 0.4) is 0 Å². The topological polar surface area (TPSA) is 40.5 Å². The molecule has 3 unspecified atom stereocenters. The van der Waals surface area contributed by atoms with Crippen LogP contribution in [0.2, 0.25) is 0 Å². The van der Waals surface area contributed by atoms with Gasteiger partial charge >= 0.3 is 289 Å². The number of benzene rings is 4. The third-order valence-electron chi connectivity index (χ3n) is 12.7. The molecule has 0 saturated heterocycles. The summed E-state index contributed by atoms with van der Waals surface area (Å²) in [4.78, 5) is 0. The second-order valence-corrected chi connectivity index (χ2v) is 31.7. The Bertz CT molecular complexity index is 1900. The van der Waals surface area contributed by atoms with Crippen LogP contribution in [0, 0.1) is 13.8 Å². The van der Waals surface area contributed by atoms with Crippen LogP contribution in [-0.2, 0) is 48.6 Å². The maximum atomic E-state index is 11.9. The summed E-state index contributed by atoms with van der Waals surface area (Å²) in [5.74, 6) is 3.25. The van der Waals surface area contributed by atoms with Crippen molar-refractivity contribution in [3.63, 3.8) is 0 Å². The van der Waals surface area contributed by atoms with Gasteiger partial charge in [-0.15, -0.1) is 24.3 Å². The normalized spacial score (nSPS) is 19.7. The van der Waals surface area contributed by atoms with Crippen molar-refractivity contribution in [1.29, 1.82) is 0 Å².